The predicted molar refractivity (Wildman–Crippen MR) is 130 cm³/mol. The molecule has 1 aromatic heterocycles. The second-order valence-electron chi connectivity index (χ2n) is 8.85. The molecular weight excluding hydrogens is 466 g/mol. The highest BCUT2D eigenvalue weighted by Gasteiger charge is 2.31. The molecule has 9 heteroatoms. The van der Waals surface area contributed by atoms with Crippen LogP contribution in [-0.2, 0) is 16.1 Å². The van der Waals surface area contributed by atoms with Crippen LogP contribution in [0.5, 0.6) is 0 Å². The minimum absolute atomic E-state index is 0.0267. The summed E-state index contributed by atoms with van der Waals surface area (Å²) >= 11 is 1.22. The largest absolute Gasteiger partial charge is 0.480 e. The molecule has 2 aliphatic carbocycles. The molecule has 0 unspecified atom stereocenters. The molecule has 180 valence electrons. The zero-order valence-electron chi connectivity index (χ0n) is 18.9. The van der Waals surface area contributed by atoms with Gasteiger partial charge in [-0.05, 0) is 34.6 Å². The van der Waals surface area contributed by atoms with Crippen molar-refractivity contribution in [2.75, 3.05) is 6.61 Å². The van der Waals surface area contributed by atoms with Gasteiger partial charge in [0.05, 0.1) is 6.54 Å². The fraction of sp³-hybridized carbons (Fsp3) is 0.308. The van der Waals surface area contributed by atoms with Crippen LogP contribution in [0.2, 0.25) is 0 Å². The Balaban J connectivity index is 1.13. The summed E-state index contributed by atoms with van der Waals surface area (Å²) in [5.74, 6) is -1.23. The lowest BCUT2D eigenvalue weighted by Gasteiger charge is -2.14. The summed E-state index contributed by atoms with van der Waals surface area (Å²) in [7, 11) is 0. The van der Waals surface area contributed by atoms with Crippen LogP contribution in [-0.4, -0.2) is 40.7 Å². The molecular formula is C26H25N3O5S. The van der Waals surface area contributed by atoms with Gasteiger partial charge >= 0.3 is 12.1 Å². The van der Waals surface area contributed by atoms with Crippen molar-refractivity contribution in [3.63, 3.8) is 0 Å². The van der Waals surface area contributed by atoms with E-state index in [1.807, 2.05) is 24.3 Å². The molecule has 0 radical (unpaired) electrons. The molecule has 2 aliphatic rings. The first kappa shape index (κ1) is 23.0. The van der Waals surface area contributed by atoms with Crippen LogP contribution in [0.1, 0.15) is 51.8 Å². The van der Waals surface area contributed by atoms with E-state index in [1.165, 1.54) is 11.3 Å². The van der Waals surface area contributed by atoms with Gasteiger partial charge in [0.1, 0.15) is 23.4 Å². The molecule has 2 amide bonds. The molecule has 0 saturated heterocycles. The number of fused-ring (bicyclic) bond motifs is 3. The minimum Gasteiger partial charge on any atom is -0.480 e. The van der Waals surface area contributed by atoms with Crippen LogP contribution in [0.4, 0.5) is 4.79 Å². The number of rotatable bonds is 9. The summed E-state index contributed by atoms with van der Waals surface area (Å²) in [4.78, 5) is 40.4. The molecule has 1 saturated carbocycles. The van der Waals surface area contributed by atoms with Gasteiger partial charge in [0.15, 0.2) is 0 Å². The van der Waals surface area contributed by atoms with Crippen LogP contribution >= 0.6 is 11.3 Å². The van der Waals surface area contributed by atoms with Crippen LogP contribution < -0.4 is 10.6 Å². The number of carbonyl (C=O) groups excluding carboxylic acids is 2. The van der Waals surface area contributed by atoms with E-state index in [4.69, 9.17) is 4.74 Å². The number of hydrogen-bond acceptors (Lipinski definition) is 6. The monoisotopic (exact) mass is 491 g/mol. The Morgan fingerprint density at radius 3 is 2.34 bits per heavy atom. The number of nitrogens with zero attached hydrogens (tertiary/aromatic N) is 1. The summed E-state index contributed by atoms with van der Waals surface area (Å²) in [5, 5.41) is 16.6. The highest BCUT2D eigenvalue weighted by Crippen LogP contribution is 2.44. The normalized spacial score (nSPS) is 15.1. The van der Waals surface area contributed by atoms with Crippen molar-refractivity contribution < 1.29 is 24.2 Å². The third-order valence-electron chi connectivity index (χ3n) is 6.38. The van der Waals surface area contributed by atoms with Gasteiger partial charge in [-0.15, -0.1) is 11.3 Å². The van der Waals surface area contributed by atoms with Crippen LogP contribution in [0.15, 0.2) is 53.9 Å². The van der Waals surface area contributed by atoms with Gasteiger partial charge in [0.25, 0.3) is 5.91 Å². The molecule has 3 aromatic rings. The fourth-order valence-electron chi connectivity index (χ4n) is 4.43. The SMILES string of the molecule is O=C(NCc1nc(C(=O)N[C@@H](CC2CC2)C(=O)O)cs1)OCC1c2ccccc2-c2ccccc21. The van der Waals surface area contributed by atoms with Gasteiger partial charge in [0, 0.05) is 11.3 Å². The Hall–Kier alpha value is -3.72. The third-order valence-corrected chi connectivity index (χ3v) is 7.23. The highest BCUT2D eigenvalue weighted by molar-refractivity contribution is 7.09. The quantitative estimate of drug-likeness (QED) is 0.414. The topological polar surface area (TPSA) is 118 Å². The smallest absolute Gasteiger partial charge is 0.407 e. The lowest BCUT2D eigenvalue weighted by Crippen LogP contribution is -2.41. The summed E-state index contributed by atoms with van der Waals surface area (Å²) < 4.78 is 5.52. The third kappa shape index (κ3) is 5.19. The van der Waals surface area contributed by atoms with Gasteiger partial charge in [-0.25, -0.2) is 14.6 Å². The van der Waals surface area contributed by atoms with E-state index in [9.17, 15) is 19.5 Å². The van der Waals surface area contributed by atoms with Crippen LogP contribution in [0.3, 0.4) is 0 Å². The molecule has 0 bridgehead atoms. The second-order valence-corrected chi connectivity index (χ2v) is 9.79. The second kappa shape index (κ2) is 9.87. The Kier molecular flexibility index (Phi) is 6.50. The first-order valence-corrected chi connectivity index (χ1v) is 12.4. The molecule has 1 fully saturated rings. The van der Waals surface area contributed by atoms with Crippen LogP contribution in [0.25, 0.3) is 11.1 Å². The fourth-order valence-corrected chi connectivity index (χ4v) is 5.15. The van der Waals surface area contributed by atoms with E-state index < -0.39 is 24.0 Å². The predicted octanol–water partition coefficient (Wildman–Crippen LogP) is 4.16. The Bertz CT molecular complexity index is 1220. The number of aliphatic carboxylic acids is 1. The Morgan fingerprint density at radius 2 is 1.71 bits per heavy atom. The Morgan fingerprint density at radius 1 is 1.06 bits per heavy atom. The molecule has 8 nitrogen and oxygen atoms in total. The molecule has 1 atom stereocenters. The number of amides is 2. The maximum absolute atomic E-state index is 12.4. The van der Waals surface area contributed by atoms with Gasteiger partial charge in [0.2, 0.25) is 0 Å². The summed E-state index contributed by atoms with van der Waals surface area (Å²) in [6.07, 6.45) is 1.87. The van der Waals surface area contributed by atoms with Gasteiger partial charge < -0.3 is 20.5 Å². The van der Waals surface area contributed by atoms with Crippen molar-refractivity contribution >= 4 is 29.3 Å². The number of aromatic nitrogens is 1. The van der Waals surface area contributed by atoms with Crippen molar-refractivity contribution in [1.82, 2.24) is 15.6 Å². The van der Waals surface area contributed by atoms with Crippen LogP contribution in [0, 0.1) is 5.92 Å². The van der Waals surface area contributed by atoms with E-state index >= 15 is 0 Å². The summed E-state index contributed by atoms with van der Waals surface area (Å²) in [6, 6.07) is 15.3. The zero-order chi connectivity index (χ0) is 24.4. The van der Waals surface area contributed by atoms with Crippen molar-refractivity contribution in [3.8, 4) is 11.1 Å². The molecule has 35 heavy (non-hydrogen) atoms. The summed E-state index contributed by atoms with van der Waals surface area (Å²) in [6.45, 7) is 0.321. The maximum atomic E-state index is 12.4. The number of carboxylic acids is 1. The number of benzene rings is 2. The zero-order valence-corrected chi connectivity index (χ0v) is 19.7. The van der Waals surface area contributed by atoms with E-state index in [0.717, 1.165) is 35.1 Å². The van der Waals surface area contributed by atoms with Crippen molar-refractivity contribution in [2.24, 2.45) is 5.92 Å². The van der Waals surface area contributed by atoms with Crippen molar-refractivity contribution in [1.29, 1.82) is 0 Å². The number of hydrogen-bond donors (Lipinski definition) is 3. The molecule has 3 N–H and O–H groups in total. The number of alkyl carbamates (subject to hydrolysis) is 1. The first-order chi connectivity index (χ1) is 17.0. The molecule has 5 rings (SSSR count). The first-order valence-electron chi connectivity index (χ1n) is 11.6. The van der Waals surface area contributed by atoms with Crippen molar-refractivity contribution in [2.45, 2.75) is 37.8 Å². The average Bonchev–Trinajstić information content (AvgIpc) is 3.45. The number of ether oxygens (including phenoxy) is 1. The lowest BCUT2D eigenvalue weighted by atomic mass is 9.98. The summed E-state index contributed by atoms with van der Waals surface area (Å²) in [5.41, 5.74) is 4.74. The number of carboxylic acid groups (broad SMARTS) is 1. The molecule has 0 spiro atoms. The van der Waals surface area contributed by atoms with Gasteiger partial charge in [-0.3, -0.25) is 4.79 Å². The van der Waals surface area contributed by atoms with E-state index in [-0.39, 0.29) is 24.8 Å². The number of carbonyl (C=O) groups is 3. The average molecular weight is 492 g/mol. The van der Waals surface area contributed by atoms with Crippen molar-refractivity contribution in [3.05, 3.63) is 75.7 Å². The van der Waals surface area contributed by atoms with E-state index in [0.29, 0.717) is 17.3 Å². The molecule has 2 aromatic carbocycles. The minimum atomic E-state index is -1.04. The van der Waals surface area contributed by atoms with E-state index in [2.05, 4.69) is 39.9 Å². The number of thiazole rings is 1. The molecule has 1 heterocycles. The Labute approximate surface area is 206 Å². The van der Waals surface area contributed by atoms with Gasteiger partial charge in [-0.1, -0.05) is 61.4 Å². The highest BCUT2D eigenvalue weighted by atomic mass is 32.1. The lowest BCUT2D eigenvalue weighted by molar-refractivity contribution is -0.139. The molecule has 0 aliphatic heterocycles. The van der Waals surface area contributed by atoms with E-state index in [1.54, 1.807) is 5.38 Å². The standard InChI is InChI=1S/C26H25N3O5S/c30-24(29-21(25(31)32)11-15-9-10-15)22-14-35-23(28-22)12-27-26(33)34-13-20-18-7-3-1-5-16(18)17-6-2-4-8-19(17)20/h1-8,14-15,20-21H,9-13H2,(H,27,33)(H,29,30)(H,31,32)/t21-/m0/s1. The van der Waals surface area contributed by atoms with Gasteiger partial charge in [-0.2, -0.15) is 0 Å². The number of nitrogens with one attached hydrogen (secondary N) is 2. The maximum Gasteiger partial charge on any atom is 0.407 e.